The average Bonchev–Trinajstić information content (AvgIpc) is 2.42. The van der Waals surface area contributed by atoms with Crippen LogP contribution in [0.4, 0.5) is 5.82 Å². The first-order chi connectivity index (χ1) is 9.53. The van der Waals surface area contributed by atoms with E-state index in [-0.39, 0.29) is 18.0 Å². The Bertz CT molecular complexity index is 463. The summed E-state index contributed by atoms with van der Waals surface area (Å²) in [7, 11) is 3.22. The van der Waals surface area contributed by atoms with Crippen molar-refractivity contribution >= 4 is 5.82 Å². The second kappa shape index (κ2) is 7.98. The number of methoxy groups -OCH3 is 2. The highest BCUT2D eigenvalue weighted by Gasteiger charge is 2.23. The maximum Gasteiger partial charge on any atom is 0.351 e. The molecule has 0 bridgehead atoms. The van der Waals surface area contributed by atoms with Crippen molar-refractivity contribution < 1.29 is 14.2 Å². The van der Waals surface area contributed by atoms with E-state index in [9.17, 15) is 4.79 Å². The van der Waals surface area contributed by atoms with Crippen LogP contribution in [0.1, 0.15) is 26.5 Å². The molecule has 7 heteroatoms. The fraction of sp³-hybridized carbons (Fsp3) is 0.692. The van der Waals surface area contributed by atoms with Crippen molar-refractivity contribution in [2.45, 2.75) is 38.7 Å². The van der Waals surface area contributed by atoms with E-state index in [1.54, 1.807) is 33.4 Å². The van der Waals surface area contributed by atoms with Crippen molar-refractivity contribution in [1.82, 2.24) is 9.55 Å². The van der Waals surface area contributed by atoms with Crippen LogP contribution in [0.5, 0.6) is 0 Å². The zero-order chi connectivity index (χ0) is 15.1. The van der Waals surface area contributed by atoms with Gasteiger partial charge in [0.25, 0.3) is 0 Å². The van der Waals surface area contributed by atoms with E-state index in [4.69, 9.17) is 19.9 Å². The molecule has 7 nitrogen and oxygen atoms in total. The van der Waals surface area contributed by atoms with Gasteiger partial charge in [0.05, 0.1) is 12.7 Å². The van der Waals surface area contributed by atoms with Gasteiger partial charge in [0.1, 0.15) is 18.1 Å². The topological polar surface area (TPSA) is 88.6 Å². The largest absolute Gasteiger partial charge is 0.383 e. The van der Waals surface area contributed by atoms with Crippen LogP contribution in [0.2, 0.25) is 0 Å². The first-order valence-corrected chi connectivity index (χ1v) is 6.55. The third-order valence-electron chi connectivity index (χ3n) is 3.07. The highest BCUT2D eigenvalue weighted by molar-refractivity contribution is 5.23. The van der Waals surface area contributed by atoms with E-state index in [0.717, 1.165) is 6.42 Å². The molecule has 0 aromatic carbocycles. The summed E-state index contributed by atoms with van der Waals surface area (Å²) >= 11 is 0. The zero-order valence-electron chi connectivity index (χ0n) is 12.4. The lowest BCUT2D eigenvalue weighted by Gasteiger charge is -2.28. The van der Waals surface area contributed by atoms with Gasteiger partial charge in [0.2, 0.25) is 0 Å². The molecular weight excluding hydrogens is 262 g/mol. The number of nitrogens with zero attached hydrogens (tertiary/aromatic N) is 2. The smallest absolute Gasteiger partial charge is 0.351 e. The molecule has 0 fully saturated rings. The molecule has 1 heterocycles. The molecule has 0 saturated heterocycles. The van der Waals surface area contributed by atoms with Gasteiger partial charge in [-0.1, -0.05) is 6.92 Å². The quantitative estimate of drug-likeness (QED) is 0.760. The third kappa shape index (κ3) is 4.29. The first kappa shape index (κ1) is 16.6. The zero-order valence-corrected chi connectivity index (χ0v) is 12.4. The number of nitrogen functional groups attached to an aromatic ring is 1. The molecule has 1 aromatic rings. The van der Waals surface area contributed by atoms with Gasteiger partial charge in [-0.25, -0.2) is 4.79 Å². The lowest BCUT2D eigenvalue weighted by molar-refractivity contribution is -0.126. The maximum atomic E-state index is 11.8. The Balaban J connectivity index is 2.80. The number of hydrogen-bond acceptors (Lipinski definition) is 6. The second-order valence-corrected chi connectivity index (χ2v) is 4.45. The average molecular weight is 285 g/mol. The number of rotatable bonds is 8. The molecule has 1 rings (SSSR count). The van der Waals surface area contributed by atoms with Crippen molar-refractivity contribution in [3.8, 4) is 0 Å². The summed E-state index contributed by atoms with van der Waals surface area (Å²) in [4.78, 5) is 15.4. The van der Waals surface area contributed by atoms with Crippen molar-refractivity contribution in [2.24, 2.45) is 0 Å². The summed E-state index contributed by atoms with van der Waals surface area (Å²) in [5.41, 5.74) is 5.03. The molecule has 2 N–H and O–H groups in total. The molecule has 20 heavy (non-hydrogen) atoms. The van der Waals surface area contributed by atoms with E-state index in [2.05, 4.69) is 4.98 Å². The molecule has 0 spiro atoms. The molecule has 1 aromatic heterocycles. The van der Waals surface area contributed by atoms with E-state index in [0.29, 0.717) is 6.61 Å². The van der Waals surface area contributed by atoms with Gasteiger partial charge in [-0.3, -0.25) is 4.57 Å². The van der Waals surface area contributed by atoms with Crippen LogP contribution in [-0.4, -0.2) is 42.6 Å². The van der Waals surface area contributed by atoms with Crippen LogP contribution in [0, 0.1) is 0 Å². The third-order valence-corrected chi connectivity index (χ3v) is 3.07. The highest BCUT2D eigenvalue weighted by atomic mass is 16.6. The summed E-state index contributed by atoms with van der Waals surface area (Å²) < 4.78 is 17.7. The molecule has 2 unspecified atom stereocenters. The van der Waals surface area contributed by atoms with Gasteiger partial charge >= 0.3 is 5.69 Å². The van der Waals surface area contributed by atoms with Crippen LogP contribution in [0.15, 0.2) is 17.1 Å². The lowest BCUT2D eigenvalue weighted by Crippen LogP contribution is -2.37. The van der Waals surface area contributed by atoms with Crippen molar-refractivity contribution in [2.75, 3.05) is 26.6 Å². The Morgan fingerprint density at radius 2 is 2.10 bits per heavy atom. The fourth-order valence-electron chi connectivity index (χ4n) is 1.96. The van der Waals surface area contributed by atoms with Gasteiger partial charge in [-0.2, -0.15) is 4.98 Å². The Kier molecular flexibility index (Phi) is 6.63. The van der Waals surface area contributed by atoms with Gasteiger partial charge < -0.3 is 19.9 Å². The van der Waals surface area contributed by atoms with Crippen LogP contribution in [0.25, 0.3) is 0 Å². The lowest BCUT2D eigenvalue weighted by atomic mass is 10.1. The van der Waals surface area contributed by atoms with Gasteiger partial charge in [-0.05, 0) is 19.4 Å². The Labute approximate surface area is 118 Å². The van der Waals surface area contributed by atoms with Crippen LogP contribution in [-0.2, 0) is 14.2 Å². The van der Waals surface area contributed by atoms with Crippen LogP contribution < -0.4 is 11.4 Å². The van der Waals surface area contributed by atoms with Gasteiger partial charge in [-0.15, -0.1) is 0 Å². The molecule has 0 radical (unpaired) electrons. The summed E-state index contributed by atoms with van der Waals surface area (Å²) in [6.45, 7) is 4.20. The molecule has 0 aliphatic heterocycles. The van der Waals surface area contributed by atoms with E-state index < -0.39 is 11.9 Å². The number of aromatic nitrogens is 2. The van der Waals surface area contributed by atoms with Crippen LogP contribution >= 0.6 is 0 Å². The SMILES string of the molecule is CC[C@H](OC(C)n1ccc(N)nc1=O)C(COC)OC. The van der Waals surface area contributed by atoms with Gasteiger partial charge in [0.15, 0.2) is 0 Å². The minimum atomic E-state index is -0.463. The van der Waals surface area contributed by atoms with Crippen molar-refractivity contribution in [1.29, 1.82) is 0 Å². The molecule has 114 valence electrons. The minimum absolute atomic E-state index is 0.181. The monoisotopic (exact) mass is 285 g/mol. The van der Waals surface area contributed by atoms with E-state index in [1.807, 2.05) is 6.92 Å². The summed E-state index contributed by atoms with van der Waals surface area (Å²) in [6, 6.07) is 1.56. The molecule has 3 atom stereocenters. The van der Waals surface area contributed by atoms with Gasteiger partial charge in [0, 0.05) is 20.4 Å². The molecule has 0 amide bonds. The molecule has 0 aliphatic carbocycles. The van der Waals surface area contributed by atoms with E-state index in [1.165, 1.54) is 4.57 Å². The standard InChI is InChI=1S/C13H23N3O4/c1-5-10(11(19-4)8-18-3)20-9(2)16-7-6-12(14)15-13(16)17/h6-7,9-11H,5,8H2,1-4H3,(H2,14,15,17)/t9?,10-,11?/m0/s1. The minimum Gasteiger partial charge on any atom is -0.383 e. The second-order valence-electron chi connectivity index (χ2n) is 4.45. The normalized spacial score (nSPS) is 15.8. The van der Waals surface area contributed by atoms with Crippen molar-refractivity contribution in [3.63, 3.8) is 0 Å². The van der Waals surface area contributed by atoms with Crippen molar-refractivity contribution in [3.05, 3.63) is 22.7 Å². The maximum absolute atomic E-state index is 11.8. The van der Waals surface area contributed by atoms with Crippen LogP contribution in [0.3, 0.4) is 0 Å². The Hall–Kier alpha value is -1.44. The summed E-state index contributed by atoms with van der Waals surface area (Å²) in [5, 5.41) is 0. The number of hydrogen-bond donors (Lipinski definition) is 1. The predicted molar refractivity (Wildman–Crippen MR) is 75.5 cm³/mol. The Morgan fingerprint density at radius 3 is 2.60 bits per heavy atom. The van der Waals surface area contributed by atoms with E-state index >= 15 is 0 Å². The highest BCUT2D eigenvalue weighted by Crippen LogP contribution is 2.16. The molecule has 0 aliphatic rings. The summed E-state index contributed by atoms with van der Waals surface area (Å²) in [5.74, 6) is 0.194. The Morgan fingerprint density at radius 1 is 1.40 bits per heavy atom. The number of nitrogens with two attached hydrogens (primary N) is 1. The predicted octanol–water partition coefficient (Wildman–Crippen LogP) is 0.801. The fourth-order valence-corrected chi connectivity index (χ4v) is 1.96. The number of anilines is 1. The molecule has 0 saturated carbocycles. The first-order valence-electron chi connectivity index (χ1n) is 6.55. The summed E-state index contributed by atoms with van der Waals surface area (Å²) in [6.07, 6.45) is 1.48. The number of ether oxygens (including phenoxy) is 3. The molecular formula is C13H23N3O4.